The molecule has 0 aromatic heterocycles. The van der Waals surface area contributed by atoms with E-state index in [-0.39, 0.29) is 0 Å². The fraction of sp³-hybridized carbons (Fsp3) is 0.533. The minimum Gasteiger partial charge on any atom is -0.492 e. The highest BCUT2D eigenvalue weighted by molar-refractivity contribution is 5.39. The van der Waals surface area contributed by atoms with Crippen LogP contribution in [0.2, 0.25) is 0 Å². The first-order valence-corrected chi connectivity index (χ1v) is 6.43. The van der Waals surface area contributed by atoms with Crippen molar-refractivity contribution in [3.05, 3.63) is 29.8 Å². The second-order valence-electron chi connectivity index (χ2n) is 5.81. The van der Waals surface area contributed by atoms with Crippen molar-refractivity contribution in [1.29, 1.82) is 5.26 Å². The largest absolute Gasteiger partial charge is 0.492 e. The number of fused-ring (bicyclic) bond motifs is 1. The minimum absolute atomic E-state index is 0.295. The molecule has 0 spiro atoms. The summed E-state index contributed by atoms with van der Waals surface area (Å²) in [6.45, 7) is 2.40. The molecular weight excluding hydrogens is 226 g/mol. The van der Waals surface area contributed by atoms with Crippen molar-refractivity contribution in [2.45, 2.75) is 31.8 Å². The Morgan fingerprint density at radius 2 is 2.11 bits per heavy atom. The summed E-state index contributed by atoms with van der Waals surface area (Å²) < 4.78 is 5.71. The highest BCUT2D eigenvalue weighted by Crippen LogP contribution is 2.52. The molecule has 1 N–H and O–H groups in total. The molecule has 1 heterocycles. The molecule has 3 heteroatoms. The summed E-state index contributed by atoms with van der Waals surface area (Å²) >= 11 is 0. The van der Waals surface area contributed by atoms with E-state index in [2.05, 4.69) is 13.0 Å². The molecule has 3 nitrogen and oxygen atoms in total. The lowest BCUT2D eigenvalue weighted by Crippen LogP contribution is -2.60. The molecule has 0 radical (unpaired) electrons. The zero-order valence-electron chi connectivity index (χ0n) is 10.5. The van der Waals surface area contributed by atoms with Crippen LogP contribution in [-0.2, 0) is 6.42 Å². The van der Waals surface area contributed by atoms with Crippen LogP contribution in [0.3, 0.4) is 0 Å². The Morgan fingerprint density at radius 3 is 2.78 bits per heavy atom. The SMILES string of the molecule is CC1CC(O)(C2(C#N)COc3ccccc3C2)C1. The van der Waals surface area contributed by atoms with Gasteiger partial charge in [0.25, 0.3) is 0 Å². The van der Waals surface area contributed by atoms with E-state index >= 15 is 0 Å². The third-order valence-corrected chi connectivity index (χ3v) is 4.42. The molecule has 1 saturated carbocycles. The van der Waals surface area contributed by atoms with Crippen LogP contribution in [0.4, 0.5) is 0 Å². The third-order valence-electron chi connectivity index (χ3n) is 4.42. The zero-order valence-corrected chi connectivity index (χ0v) is 10.5. The molecule has 18 heavy (non-hydrogen) atoms. The van der Waals surface area contributed by atoms with Crippen LogP contribution in [0.5, 0.6) is 5.75 Å². The number of aliphatic hydroxyl groups is 1. The quantitative estimate of drug-likeness (QED) is 0.823. The molecule has 1 aromatic rings. The molecule has 1 aliphatic carbocycles. The minimum atomic E-state index is -0.880. The number of hydrogen-bond donors (Lipinski definition) is 1. The van der Waals surface area contributed by atoms with Gasteiger partial charge in [0.15, 0.2) is 0 Å². The smallest absolute Gasteiger partial charge is 0.124 e. The standard InChI is InChI=1S/C15H17NO2/c1-11-6-15(17,7-11)14(9-16)8-12-4-2-3-5-13(12)18-10-14/h2-5,11,17H,6-8,10H2,1H3. The first kappa shape index (κ1) is 11.6. The third kappa shape index (κ3) is 1.46. The predicted octanol–water partition coefficient (Wildman–Crippen LogP) is 2.29. The van der Waals surface area contributed by atoms with E-state index in [1.807, 2.05) is 24.3 Å². The van der Waals surface area contributed by atoms with Gasteiger partial charge in [-0.25, -0.2) is 0 Å². The lowest BCUT2D eigenvalue weighted by molar-refractivity contribution is -0.156. The van der Waals surface area contributed by atoms with Crippen molar-refractivity contribution >= 4 is 0 Å². The first-order chi connectivity index (χ1) is 8.59. The fourth-order valence-corrected chi connectivity index (χ4v) is 3.33. The normalized spacial score (nSPS) is 37.9. The Morgan fingerprint density at radius 1 is 1.39 bits per heavy atom. The van der Waals surface area contributed by atoms with E-state index in [0.717, 1.165) is 11.3 Å². The maximum Gasteiger partial charge on any atom is 0.124 e. The van der Waals surface area contributed by atoms with Crippen molar-refractivity contribution in [1.82, 2.24) is 0 Å². The van der Waals surface area contributed by atoms with Crippen LogP contribution >= 0.6 is 0 Å². The van der Waals surface area contributed by atoms with Crippen LogP contribution in [0.25, 0.3) is 0 Å². The second kappa shape index (κ2) is 3.73. The van der Waals surface area contributed by atoms with Crippen LogP contribution in [0.15, 0.2) is 24.3 Å². The zero-order chi connectivity index (χ0) is 12.8. The Hall–Kier alpha value is -1.53. The number of nitrogens with zero attached hydrogens (tertiary/aromatic N) is 1. The molecule has 2 aliphatic rings. The molecule has 0 saturated heterocycles. The number of benzene rings is 1. The average Bonchev–Trinajstić information content (AvgIpc) is 2.36. The number of ether oxygens (including phenoxy) is 1. The van der Waals surface area contributed by atoms with Gasteiger partial charge in [0.1, 0.15) is 17.8 Å². The molecule has 0 amide bonds. The highest BCUT2D eigenvalue weighted by Gasteiger charge is 2.58. The Bertz CT molecular complexity index is 513. The van der Waals surface area contributed by atoms with Gasteiger partial charge < -0.3 is 9.84 Å². The van der Waals surface area contributed by atoms with Crippen molar-refractivity contribution in [2.24, 2.45) is 11.3 Å². The number of rotatable bonds is 1. The lowest BCUT2D eigenvalue weighted by Gasteiger charge is -2.52. The summed E-state index contributed by atoms with van der Waals surface area (Å²) in [7, 11) is 0. The summed E-state index contributed by atoms with van der Waals surface area (Å²) in [6.07, 6.45) is 1.99. The Balaban J connectivity index is 1.95. The van der Waals surface area contributed by atoms with Gasteiger partial charge >= 0.3 is 0 Å². The maximum atomic E-state index is 10.7. The van der Waals surface area contributed by atoms with Gasteiger partial charge in [-0.05, 0) is 30.4 Å². The molecule has 1 unspecified atom stereocenters. The molecular formula is C15H17NO2. The molecule has 1 fully saturated rings. The van der Waals surface area contributed by atoms with Gasteiger partial charge in [-0.1, -0.05) is 25.1 Å². The van der Waals surface area contributed by atoms with Crippen molar-refractivity contribution in [3.63, 3.8) is 0 Å². The van der Waals surface area contributed by atoms with E-state index in [1.165, 1.54) is 0 Å². The van der Waals surface area contributed by atoms with Crippen LogP contribution < -0.4 is 4.74 Å². The molecule has 3 rings (SSSR count). The maximum absolute atomic E-state index is 10.7. The number of para-hydroxylation sites is 1. The van der Waals surface area contributed by atoms with Gasteiger partial charge in [0, 0.05) is 6.42 Å². The van der Waals surface area contributed by atoms with Crippen molar-refractivity contribution < 1.29 is 9.84 Å². The Labute approximate surface area is 107 Å². The first-order valence-electron chi connectivity index (χ1n) is 6.43. The van der Waals surface area contributed by atoms with E-state index < -0.39 is 11.0 Å². The van der Waals surface area contributed by atoms with E-state index in [4.69, 9.17) is 4.74 Å². The topological polar surface area (TPSA) is 53.2 Å². The highest BCUT2D eigenvalue weighted by atomic mass is 16.5. The van der Waals surface area contributed by atoms with E-state index in [1.54, 1.807) is 0 Å². The van der Waals surface area contributed by atoms with Gasteiger partial charge in [0.2, 0.25) is 0 Å². The summed E-state index contributed by atoms with van der Waals surface area (Å²) in [5, 5.41) is 20.2. The number of nitriles is 1. The van der Waals surface area contributed by atoms with Gasteiger partial charge in [-0.3, -0.25) is 0 Å². The van der Waals surface area contributed by atoms with E-state index in [9.17, 15) is 10.4 Å². The van der Waals surface area contributed by atoms with Crippen molar-refractivity contribution in [3.8, 4) is 11.8 Å². The summed E-state index contributed by atoms with van der Waals surface area (Å²) in [5.74, 6) is 1.34. The molecule has 94 valence electrons. The average molecular weight is 243 g/mol. The van der Waals surface area contributed by atoms with Gasteiger partial charge in [-0.15, -0.1) is 0 Å². The summed E-state index contributed by atoms with van der Waals surface area (Å²) in [4.78, 5) is 0. The predicted molar refractivity (Wildman–Crippen MR) is 67.0 cm³/mol. The summed E-state index contributed by atoms with van der Waals surface area (Å²) in [6, 6.07) is 10.1. The molecule has 0 bridgehead atoms. The molecule has 1 atom stereocenters. The van der Waals surface area contributed by atoms with Crippen molar-refractivity contribution in [2.75, 3.05) is 6.61 Å². The fourth-order valence-electron chi connectivity index (χ4n) is 3.33. The monoisotopic (exact) mass is 243 g/mol. The summed E-state index contributed by atoms with van der Waals surface area (Å²) in [5.41, 5.74) is -0.638. The second-order valence-corrected chi connectivity index (χ2v) is 5.81. The van der Waals surface area contributed by atoms with Crippen LogP contribution in [-0.4, -0.2) is 17.3 Å². The Kier molecular flexibility index (Phi) is 2.39. The molecule has 1 aromatic carbocycles. The van der Waals surface area contributed by atoms with E-state index in [0.29, 0.717) is 31.8 Å². The lowest BCUT2D eigenvalue weighted by atomic mass is 9.56. The van der Waals surface area contributed by atoms with Crippen LogP contribution in [0.1, 0.15) is 25.3 Å². The molecule has 1 aliphatic heterocycles. The van der Waals surface area contributed by atoms with Gasteiger partial charge in [-0.2, -0.15) is 5.26 Å². The van der Waals surface area contributed by atoms with Crippen LogP contribution in [0, 0.1) is 22.7 Å². The van der Waals surface area contributed by atoms with Gasteiger partial charge in [0.05, 0.1) is 11.7 Å². The number of hydrogen-bond acceptors (Lipinski definition) is 3.